The van der Waals surface area contributed by atoms with Crippen molar-refractivity contribution in [2.24, 2.45) is 5.92 Å². The Kier molecular flexibility index (Phi) is 4.60. The van der Waals surface area contributed by atoms with Gasteiger partial charge in [0.05, 0.1) is 22.4 Å². The quantitative estimate of drug-likeness (QED) is 0.848. The van der Waals surface area contributed by atoms with E-state index in [1.54, 1.807) is 18.2 Å². The second-order valence-corrected chi connectivity index (χ2v) is 4.37. The van der Waals surface area contributed by atoms with E-state index in [0.29, 0.717) is 22.8 Å². The van der Waals surface area contributed by atoms with Gasteiger partial charge in [-0.25, -0.2) is 0 Å². The third kappa shape index (κ3) is 3.13. The maximum atomic E-state index is 9.64. The summed E-state index contributed by atoms with van der Waals surface area (Å²) >= 11 is 5.88. The summed E-state index contributed by atoms with van der Waals surface area (Å²) in [6.45, 7) is 4.29. The second-order valence-electron chi connectivity index (χ2n) is 3.97. The molecule has 0 amide bonds. The van der Waals surface area contributed by atoms with Gasteiger partial charge < -0.3 is 10.4 Å². The van der Waals surface area contributed by atoms with Gasteiger partial charge in [-0.1, -0.05) is 31.5 Å². The lowest BCUT2D eigenvalue weighted by Crippen LogP contribution is -2.25. The van der Waals surface area contributed by atoms with Crippen LogP contribution in [0.2, 0.25) is 5.02 Å². The first-order valence-electron chi connectivity index (χ1n) is 5.16. The summed E-state index contributed by atoms with van der Waals surface area (Å²) in [5, 5.41) is 22.0. The van der Waals surface area contributed by atoms with Crippen LogP contribution >= 0.6 is 11.6 Å². The fraction of sp³-hybridized carbons (Fsp3) is 0.417. The van der Waals surface area contributed by atoms with Crippen molar-refractivity contribution in [3.05, 3.63) is 28.8 Å². The summed E-state index contributed by atoms with van der Waals surface area (Å²) in [5.41, 5.74) is 1.08. The Labute approximate surface area is 101 Å². The maximum absolute atomic E-state index is 9.64. The molecule has 1 unspecified atom stereocenters. The number of nitriles is 1. The molecule has 1 aromatic rings. The first-order valence-corrected chi connectivity index (χ1v) is 5.54. The van der Waals surface area contributed by atoms with E-state index < -0.39 is 6.10 Å². The summed E-state index contributed by atoms with van der Waals surface area (Å²) < 4.78 is 0. The highest BCUT2D eigenvalue weighted by Gasteiger charge is 2.11. The van der Waals surface area contributed by atoms with E-state index in [4.69, 9.17) is 16.9 Å². The molecule has 0 aliphatic heterocycles. The van der Waals surface area contributed by atoms with Gasteiger partial charge in [0, 0.05) is 6.54 Å². The van der Waals surface area contributed by atoms with E-state index in [-0.39, 0.29) is 5.92 Å². The van der Waals surface area contributed by atoms with Crippen LogP contribution in [-0.2, 0) is 0 Å². The van der Waals surface area contributed by atoms with E-state index in [1.165, 1.54) is 0 Å². The number of benzene rings is 1. The Hall–Kier alpha value is -1.24. The van der Waals surface area contributed by atoms with Crippen molar-refractivity contribution in [3.8, 4) is 6.07 Å². The Balaban J connectivity index is 2.75. The molecule has 0 aromatic heterocycles. The van der Waals surface area contributed by atoms with Crippen molar-refractivity contribution in [2.45, 2.75) is 20.0 Å². The lowest BCUT2D eigenvalue weighted by atomic mass is 10.1. The van der Waals surface area contributed by atoms with Crippen LogP contribution in [0.5, 0.6) is 0 Å². The molecule has 0 aliphatic rings. The van der Waals surface area contributed by atoms with Crippen molar-refractivity contribution >= 4 is 17.3 Å². The Morgan fingerprint density at radius 2 is 2.19 bits per heavy atom. The third-order valence-electron chi connectivity index (χ3n) is 2.40. The van der Waals surface area contributed by atoms with Crippen LogP contribution in [0.25, 0.3) is 0 Å². The highest BCUT2D eigenvalue weighted by molar-refractivity contribution is 6.32. The summed E-state index contributed by atoms with van der Waals surface area (Å²) in [6, 6.07) is 7.26. The van der Waals surface area contributed by atoms with E-state index >= 15 is 0 Å². The monoisotopic (exact) mass is 238 g/mol. The molecule has 0 fully saturated rings. The summed E-state index contributed by atoms with van der Waals surface area (Å²) in [7, 11) is 0. The molecule has 0 aliphatic carbocycles. The van der Waals surface area contributed by atoms with Gasteiger partial charge in [-0.15, -0.1) is 0 Å². The highest BCUT2D eigenvalue weighted by atomic mass is 35.5. The van der Waals surface area contributed by atoms with Crippen LogP contribution in [0.15, 0.2) is 18.2 Å². The zero-order valence-corrected chi connectivity index (χ0v) is 10.1. The molecule has 86 valence electrons. The fourth-order valence-corrected chi connectivity index (χ4v) is 1.45. The number of hydrogen-bond donors (Lipinski definition) is 2. The van der Waals surface area contributed by atoms with Crippen LogP contribution < -0.4 is 5.32 Å². The number of halogens is 1. The molecule has 0 saturated carbocycles. The standard InChI is InChI=1S/C12H15ClN2O/c1-8(2)12(16)7-15-11-5-3-4-10(13)9(11)6-14/h3-5,8,12,15-16H,7H2,1-2H3. The van der Waals surface area contributed by atoms with Crippen molar-refractivity contribution in [3.63, 3.8) is 0 Å². The first kappa shape index (κ1) is 12.8. The minimum absolute atomic E-state index is 0.178. The van der Waals surface area contributed by atoms with Gasteiger partial charge in [-0.2, -0.15) is 5.26 Å². The van der Waals surface area contributed by atoms with Gasteiger partial charge >= 0.3 is 0 Å². The van der Waals surface area contributed by atoms with E-state index in [2.05, 4.69) is 5.32 Å². The molecule has 0 radical (unpaired) electrons. The van der Waals surface area contributed by atoms with Crippen LogP contribution in [-0.4, -0.2) is 17.8 Å². The molecule has 3 nitrogen and oxygen atoms in total. The molecule has 0 bridgehead atoms. The number of rotatable bonds is 4. The number of hydrogen-bond acceptors (Lipinski definition) is 3. The number of nitrogens with zero attached hydrogens (tertiary/aromatic N) is 1. The molecule has 1 aromatic carbocycles. The molecule has 2 N–H and O–H groups in total. The SMILES string of the molecule is CC(C)C(O)CNc1cccc(Cl)c1C#N. The van der Waals surface area contributed by atoms with Gasteiger partial charge in [-0.05, 0) is 18.1 Å². The lowest BCUT2D eigenvalue weighted by Gasteiger charge is -2.16. The molecule has 1 rings (SSSR count). The van der Waals surface area contributed by atoms with Crippen molar-refractivity contribution in [1.82, 2.24) is 0 Å². The molecule has 4 heteroatoms. The number of aliphatic hydroxyl groups excluding tert-OH is 1. The Morgan fingerprint density at radius 3 is 2.75 bits per heavy atom. The second kappa shape index (κ2) is 5.74. The van der Waals surface area contributed by atoms with Crippen LogP contribution in [0.1, 0.15) is 19.4 Å². The van der Waals surface area contributed by atoms with E-state index in [9.17, 15) is 5.11 Å². The predicted molar refractivity (Wildman–Crippen MR) is 65.5 cm³/mol. The van der Waals surface area contributed by atoms with Gasteiger partial charge in [-0.3, -0.25) is 0 Å². The van der Waals surface area contributed by atoms with Gasteiger partial charge in [0.2, 0.25) is 0 Å². The zero-order valence-electron chi connectivity index (χ0n) is 9.37. The van der Waals surface area contributed by atoms with E-state index in [0.717, 1.165) is 0 Å². The molecule has 0 heterocycles. The molecule has 16 heavy (non-hydrogen) atoms. The fourth-order valence-electron chi connectivity index (χ4n) is 1.24. The minimum atomic E-state index is -0.439. The first-order chi connectivity index (χ1) is 7.56. The van der Waals surface area contributed by atoms with Gasteiger partial charge in [0.1, 0.15) is 6.07 Å². The van der Waals surface area contributed by atoms with Crippen LogP contribution in [0.3, 0.4) is 0 Å². The molecule has 1 atom stereocenters. The smallest absolute Gasteiger partial charge is 0.103 e. The number of nitrogens with one attached hydrogen (secondary N) is 1. The number of aliphatic hydroxyl groups is 1. The van der Waals surface area contributed by atoms with Crippen LogP contribution in [0, 0.1) is 17.2 Å². The molecular weight excluding hydrogens is 224 g/mol. The topological polar surface area (TPSA) is 56.0 Å². The molecule has 0 saturated heterocycles. The number of anilines is 1. The molecular formula is C12H15ClN2O. The summed E-state index contributed by atoms with van der Waals surface area (Å²) in [5.74, 6) is 0.178. The Morgan fingerprint density at radius 1 is 1.50 bits per heavy atom. The lowest BCUT2D eigenvalue weighted by molar-refractivity contribution is 0.138. The largest absolute Gasteiger partial charge is 0.391 e. The van der Waals surface area contributed by atoms with Crippen LogP contribution in [0.4, 0.5) is 5.69 Å². The van der Waals surface area contributed by atoms with Crippen molar-refractivity contribution in [2.75, 3.05) is 11.9 Å². The zero-order chi connectivity index (χ0) is 12.1. The molecule has 0 spiro atoms. The normalized spacial score (nSPS) is 12.2. The van der Waals surface area contributed by atoms with E-state index in [1.807, 2.05) is 19.9 Å². The highest BCUT2D eigenvalue weighted by Crippen LogP contribution is 2.23. The summed E-state index contributed by atoms with van der Waals surface area (Å²) in [6.07, 6.45) is -0.439. The maximum Gasteiger partial charge on any atom is 0.103 e. The van der Waals surface area contributed by atoms with Gasteiger partial charge in [0.25, 0.3) is 0 Å². The summed E-state index contributed by atoms with van der Waals surface area (Å²) in [4.78, 5) is 0. The minimum Gasteiger partial charge on any atom is -0.391 e. The van der Waals surface area contributed by atoms with Crippen molar-refractivity contribution < 1.29 is 5.11 Å². The van der Waals surface area contributed by atoms with Gasteiger partial charge in [0.15, 0.2) is 0 Å². The third-order valence-corrected chi connectivity index (χ3v) is 2.71. The Bertz CT molecular complexity index is 398. The predicted octanol–water partition coefficient (Wildman–Crippen LogP) is 2.64. The van der Waals surface area contributed by atoms with Crippen molar-refractivity contribution in [1.29, 1.82) is 5.26 Å². The average Bonchev–Trinajstić information content (AvgIpc) is 2.25. The average molecular weight is 239 g/mol.